The first-order valence-corrected chi connectivity index (χ1v) is 12.5. The SMILES string of the molecule is CN(c1cccc(-c2cccc3cccnc23)c1)c1ccc2cccc(C(=[Si])c3ccccc3)c2c1. The number of para-hydroxylation sites is 1. The summed E-state index contributed by atoms with van der Waals surface area (Å²) < 4.78 is 0. The van der Waals surface area contributed by atoms with Crippen LogP contribution < -0.4 is 4.90 Å². The van der Waals surface area contributed by atoms with Crippen molar-refractivity contribution in [2.45, 2.75) is 0 Å². The number of rotatable bonds is 5. The molecule has 0 aliphatic carbocycles. The molecule has 0 fully saturated rings. The van der Waals surface area contributed by atoms with Crippen LogP contribution in [0.4, 0.5) is 11.4 Å². The average Bonchev–Trinajstić information content (AvgIpc) is 2.96. The lowest BCUT2D eigenvalue weighted by atomic mass is 9.97. The van der Waals surface area contributed by atoms with Crippen LogP contribution in [0, 0.1) is 0 Å². The van der Waals surface area contributed by atoms with E-state index in [0.717, 1.165) is 44.1 Å². The van der Waals surface area contributed by atoms with Crippen molar-refractivity contribution in [1.82, 2.24) is 4.98 Å². The molecule has 0 saturated heterocycles. The van der Waals surface area contributed by atoms with Crippen molar-refractivity contribution in [1.29, 1.82) is 0 Å². The van der Waals surface area contributed by atoms with E-state index in [9.17, 15) is 0 Å². The maximum atomic E-state index is 4.65. The molecule has 0 atom stereocenters. The average molecular weight is 477 g/mol. The molecule has 2 nitrogen and oxygen atoms in total. The topological polar surface area (TPSA) is 16.1 Å². The van der Waals surface area contributed by atoms with Gasteiger partial charge in [-0.3, -0.25) is 4.98 Å². The Labute approximate surface area is 214 Å². The Hall–Kier alpha value is -4.34. The first-order chi connectivity index (χ1) is 17.7. The normalized spacial score (nSPS) is 11.0. The third kappa shape index (κ3) is 4.04. The van der Waals surface area contributed by atoms with Gasteiger partial charge in [0.15, 0.2) is 0 Å². The Morgan fingerprint density at radius 3 is 2.31 bits per heavy atom. The summed E-state index contributed by atoms with van der Waals surface area (Å²) in [7, 11) is 6.06. The molecule has 6 aromatic rings. The number of nitrogens with zero attached hydrogens (tertiary/aromatic N) is 2. The summed E-state index contributed by atoms with van der Waals surface area (Å²) in [6.07, 6.45) is 1.86. The molecule has 0 bridgehead atoms. The predicted octanol–water partition coefficient (Wildman–Crippen LogP) is 7.56. The second-order valence-corrected chi connectivity index (χ2v) is 9.44. The molecule has 0 aliphatic rings. The number of hydrogen-bond acceptors (Lipinski definition) is 2. The maximum Gasteiger partial charge on any atom is 0.0780 e. The zero-order valence-electron chi connectivity index (χ0n) is 20.0. The lowest BCUT2D eigenvalue weighted by Crippen LogP contribution is -2.10. The second kappa shape index (κ2) is 9.37. The van der Waals surface area contributed by atoms with Crippen LogP contribution in [0.3, 0.4) is 0 Å². The first kappa shape index (κ1) is 22.1. The Balaban J connectivity index is 1.41. The lowest BCUT2D eigenvalue weighted by Gasteiger charge is -2.22. The molecule has 170 valence electrons. The Bertz CT molecular complexity index is 1720. The van der Waals surface area contributed by atoms with E-state index in [1.807, 2.05) is 18.3 Å². The molecule has 2 radical (unpaired) electrons. The Morgan fingerprint density at radius 2 is 1.42 bits per heavy atom. The van der Waals surface area contributed by atoms with Crippen molar-refractivity contribution in [3.05, 3.63) is 139 Å². The van der Waals surface area contributed by atoms with Crippen LogP contribution in [0.5, 0.6) is 0 Å². The Kier molecular flexibility index (Phi) is 5.76. The molecular weight excluding hydrogens is 452 g/mol. The van der Waals surface area contributed by atoms with Crippen molar-refractivity contribution >= 4 is 48.1 Å². The minimum Gasteiger partial charge on any atom is -0.345 e. The van der Waals surface area contributed by atoms with Gasteiger partial charge in [-0.25, -0.2) is 0 Å². The van der Waals surface area contributed by atoms with E-state index in [1.165, 1.54) is 16.3 Å². The molecule has 0 saturated carbocycles. The van der Waals surface area contributed by atoms with Crippen molar-refractivity contribution in [3.63, 3.8) is 0 Å². The highest BCUT2D eigenvalue weighted by atomic mass is 28.1. The third-order valence-electron chi connectivity index (χ3n) is 6.76. The highest BCUT2D eigenvalue weighted by Crippen LogP contribution is 2.33. The minimum atomic E-state index is 1.02. The summed E-state index contributed by atoms with van der Waals surface area (Å²) in [6, 6.07) is 42.7. The number of aromatic nitrogens is 1. The van der Waals surface area contributed by atoms with Crippen LogP contribution >= 0.6 is 0 Å². The molecule has 5 aromatic carbocycles. The molecule has 3 heteroatoms. The quantitative estimate of drug-likeness (QED) is 0.239. The number of anilines is 2. The highest BCUT2D eigenvalue weighted by molar-refractivity contribution is 6.51. The maximum absolute atomic E-state index is 4.65. The van der Waals surface area contributed by atoms with Gasteiger partial charge in [0.05, 0.1) is 5.52 Å². The molecule has 0 aliphatic heterocycles. The molecule has 0 unspecified atom stereocenters. The van der Waals surface area contributed by atoms with Crippen molar-refractivity contribution < 1.29 is 0 Å². The third-order valence-corrected chi connectivity index (χ3v) is 7.32. The van der Waals surface area contributed by atoms with Crippen LogP contribution in [0.25, 0.3) is 32.8 Å². The predicted molar refractivity (Wildman–Crippen MR) is 155 cm³/mol. The van der Waals surface area contributed by atoms with Gasteiger partial charge in [-0.1, -0.05) is 91.0 Å². The van der Waals surface area contributed by atoms with Gasteiger partial charge in [-0.2, -0.15) is 0 Å². The van der Waals surface area contributed by atoms with E-state index >= 15 is 0 Å². The number of fused-ring (bicyclic) bond motifs is 2. The fourth-order valence-electron chi connectivity index (χ4n) is 4.82. The monoisotopic (exact) mass is 476 g/mol. The lowest BCUT2D eigenvalue weighted by molar-refractivity contribution is 1.21. The van der Waals surface area contributed by atoms with Gasteiger partial charge in [-0.15, -0.1) is 0 Å². The van der Waals surface area contributed by atoms with Crippen LogP contribution in [0.15, 0.2) is 128 Å². The molecule has 0 N–H and O–H groups in total. The fourth-order valence-corrected chi connectivity index (χ4v) is 5.20. The van der Waals surface area contributed by atoms with Gasteiger partial charge in [-0.05, 0) is 63.0 Å². The molecule has 0 amide bonds. The van der Waals surface area contributed by atoms with E-state index in [-0.39, 0.29) is 0 Å². The van der Waals surface area contributed by atoms with E-state index in [0.29, 0.717) is 0 Å². The van der Waals surface area contributed by atoms with Gasteiger partial charge in [0, 0.05) is 45.4 Å². The summed E-state index contributed by atoms with van der Waals surface area (Å²) in [5.74, 6) is 0. The highest BCUT2D eigenvalue weighted by Gasteiger charge is 2.12. The molecule has 1 heterocycles. The van der Waals surface area contributed by atoms with Gasteiger partial charge in [0.25, 0.3) is 0 Å². The van der Waals surface area contributed by atoms with Gasteiger partial charge >= 0.3 is 0 Å². The summed E-state index contributed by atoms with van der Waals surface area (Å²) in [6.45, 7) is 0. The second-order valence-electron chi connectivity index (χ2n) is 8.94. The van der Waals surface area contributed by atoms with E-state index in [2.05, 4.69) is 136 Å². The zero-order valence-corrected chi connectivity index (χ0v) is 21.0. The van der Waals surface area contributed by atoms with Gasteiger partial charge in [0.1, 0.15) is 0 Å². The van der Waals surface area contributed by atoms with Crippen LogP contribution in [0.1, 0.15) is 11.1 Å². The largest absolute Gasteiger partial charge is 0.345 e. The van der Waals surface area contributed by atoms with E-state index < -0.39 is 0 Å². The smallest absolute Gasteiger partial charge is 0.0780 e. The number of benzene rings is 5. The minimum absolute atomic E-state index is 1.02. The summed E-state index contributed by atoms with van der Waals surface area (Å²) in [5.41, 5.74) is 7.93. The molecule has 1 aromatic heterocycles. The van der Waals surface area contributed by atoms with Gasteiger partial charge < -0.3 is 4.90 Å². The molecule has 6 rings (SSSR count). The van der Waals surface area contributed by atoms with Crippen molar-refractivity contribution in [2.24, 2.45) is 0 Å². The van der Waals surface area contributed by atoms with Gasteiger partial charge in [0.2, 0.25) is 0 Å². The molecular formula is C33H24N2Si. The molecule has 0 spiro atoms. The standard InChI is InChI=1S/C33H24N2Si/c1-35(27-15-5-13-26(21-27)29-16-7-12-24-14-8-20-34-32(24)29)28-19-18-23-11-6-17-30(31(23)22-28)33(36)25-9-3-2-4-10-25/h2-22H,1H3. The summed E-state index contributed by atoms with van der Waals surface area (Å²) in [5, 5.41) is 4.67. The number of hydrogen-bond donors (Lipinski definition) is 0. The molecule has 36 heavy (non-hydrogen) atoms. The van der Waals surface area contributed by atoms with Crippen molar-refractivity contribution in [3.8, 4) is 11.1 Å². The van der Waals surface area contributed by atoms with Crippen LogP contribution in [0.2, 0.25) is 0 Å². The zero-order chi connectivity index (χ0) is 24.5. The summed E-state index contributed by atoms with van der Waals surface area (Å²) in [4.78, 5) is 6.90. The van der Waals surface area contributed by atoms with Crippen LogP contribution in [-0.2, 0) is 0 Å². The fraction of sp³-hybridized carbons (Fsp3) is 0.0303. The van der Waals surface area contributed by atoms with E-state index in [1.54, 1.807) is 0 Å². The summed E-state index contributed by atoms with van der Waals surface area (Å²) >= 11 is 0. The van der Waals surface area contributed by atoms with Crippen LogP contribution in [-0.4, -0.2) is 27.1 Å². The first-order valence-electron chi connectivity index (χ1n) is 12.0. The van der Waals surface area contributed by atoms with E-state index in [4.69, 9.17) is 0 Å². The van der Waals surface area contributed by atoms with Crippen molar-refractivity contribution in [2.75, 3.05) is 11.9 Å². The Morgan fingerprint density at radius 1 is 0.667 bits per heavy atom. The number of pyridine rings is 1.